The normalized spacial score (nSPS) is 17.0. The summed E-state index contributed by atoms with van der Waals surface area (Å²) in [6, 6.07) is 5.63. The highest BCUT2D eigenvalue weighted by molar-refractivity contribution is 5.95. The SMILES string of the molecule is CC(C)/C(=C/C(N)=O)c1ccc2c(c1)C(C)(C)OC(=O)N2. The largest absolute Gasteiger partial charge is 0.438 e. The Kier molecular flexibility index (Phi) is 3.77. The number of amides is 2. The Bertz CT molecular complexity index is 630. The number of anilines is 1. The van der Waals surface area contributed by atoms with E-state index in [1.807, 2.05) is 45.9 Å². The number of rotatable bonds is 3. The van der Waals surface area contributed by atoms with Gasteiger partial charge in [0, 0.05) is 11.6 Å². The molecule has 3 N–H and O–H groups in total. The third-order valence-electron chi connectivity index (χ3n) is 3.51. The Balaban J connectivity index is 2.55. The summed E-state index contributed by atoms with van der Waals surface area (Å²) in [5, 5.41) is 2.68. The van der Waals surface area contributed by atoms with Gasteiger partial charge in [-0.1, -0.05) is 19.9 Å². The van der Waals surface area contributed by atoms with E-state index in [1.165, 1.54) is 6.08 Å². The van der Waals surface area contributed by atoms with Crippen LogP contribution in [0.1, 0.15) is 38.8 Å². The first-order valence-electron chi connectivity index (χ1n) is 6.86. The molecule has 0 bridgehead atoms. The van der Waals surface area contributed by atoms with Gasteiger partial charge >= 0.3 is 6.09 Å². The molecule has 1 aromatic rings. The Labute approximate surface area is 124 Å². The average Bonchev–Trinajstić information content (AvgIpc) is 2.34. The molecule has 1 aliphatic rings. The molecular weight excluding hydrogens is 268 g/mol. The second kappa shape index (κ2) is 5.24. The van der Waals surface area contributed by atoms with Crippen LogP contribution in [0.4, 0.5) is 10.5 Å². The quantitative estimate of drug-likeness (QED) is 0.839. The molecule has 0 saturated heterocycles. The number of cyclic esters (lactones) is 1. The van der Waals surface area contributed by atoms with Gasteiger partial charge in [0.1, 0.15) is 5.60 Å². The van der Waals surface area contributed by atoms with Crippen LogP contribution in [-0.4, -0.2) is 12.0 Å². The van der Waals surface area contributed by atoms with Crippen LogP contribution in [0.3, 0.4) is 0 Å². The number of hydrogen-bond donors (Lipinski definition) is 2. The van der Waals surface area contributed by atoms with E-state index < -0.39 is 17.6 Å². The molecule has 112 valence electrons. The van der Waals surface area contributed by atoms with Crippen LogP contribution in [0.15, 0.2) is 24.3 Å². The summed E-state index contributed by atoms with van der Waals surface area (Å²) in [5.74, 6) is -0.321. The maximum atomic E-state index is 11.5. The monoisotopic (exact) mass is 288 g/mol. The van der Waals surface area contributed by atoms with Crippen LogP contribution in [0.2, 0.25) is 0 Å². The summed E-state index contributed by atoms with van der Waals surface area (Å²) in [5.41, 5.74) is 7.91. The van der Waals surface area contributed by atoms with Crippen molar-refractivity contribution >= 4 is 23.3 Å². The fraction of sp³-hybridized carbons (Fsp3) is 0.375. The Morgan fingerprint density at radius 1 is 1.38 bits per heavy atom. The molecule has 0 saturated carbocycles. The summed E-state index contributed by atoms with van der Waals surface area (Å²) in [6.45, 7) is 7.66. The molecule has 5 nitrogen and oxygen atoms in total. The van der Waals surface area contributed by atoms with Crippen molar-refractivity contribution in [1.82, 2.24) is 0 Å². The van der Waals surface area contributed by atoms with Gasteiger partial charge in [-0.25, -0.2) is 4.79 Å². The molecule has 0 spiro atoms. The number of allylic oxidation sites excluding steroid dienone is 1. The minimum absolute atomic E-state index is 0.151. The minimum Gasteiger partial charge on any atom is -0.438 e. The van der Waals surface area contributed by atoms with Gasteiger partial charge in [0.2, 0.25) is 5.91 Å². The van der Waals surface area contributed by atoms with Crippen molar-refractivity contribution in [3.8, 4) is 0 Å². The standard InChI is InChI=1S/C16H20N2O3/c1-9(2)11(8-14(17)19)10-5-6-13-12(7-10)16(3,4)21-15(20)18-13/h5-9H,1-4H3,(H2,17,19)(H,18,20)/b11-8-. The number of carbonyl (C=O) groups is 2. The molecule has 1 aliphatic heterocycles. The smallest absolute Gasteiger partial charge is 0.412 e. The average molecular weight is 288 g/mol. The summed E-state index contributed by atoms with van der Waals surface area (Å²) in [4.78, 5) is 22.7. The van der Waals surface area contributed by atoms with Crippen molar-refractivity contribution < 1.29 is 14.3 Å². The Morgan fingerprint density at radius 2 is 2.05 bits per heavy atom. The highest BCUT2D eigenvalue weighted by Gasteiger charge is 2.33. The van der Waals surface area contributed by atoms with Gasteiger partial charge in [-0.15, -0.1) is 0 Å². The number of benzene rings is 1. The molecule has 21 heavy (non-hydrogen) atoms. The van der Waals surface area contributed by atoms with Crippen molar-refractivity contribution in [2.75, 3.05) is 5.32 Å². The van der Waals surface area contributed by atoms with Gasteiger partial charge in [0.05, 0.1) is 5.69 Å². The van der Waals surface area contributed by atoms with Crippen LogP contribution in [0.5, 0.6) is 0 Å². The number of hydrogen-bond acceptors (Lipinski definition) is 3. The molecule has 5 heteroatoms. The van der Waals surface area contributed by atoms with E-state index in [0.717, 1.165) is 22.4 Å². The Hall–Kier alpha value is -2.30. The topological polar surface area (TPSA) is 81.4 Å². The van der Waals surface area contributed by atoms with Crippen LogP contribution < -0.4 is 11.1 Å². The van der Waals surface area contributed by atoms with Gasteiger partial charge in [-0.3, -0.25) is 10.1 Å². The number of fused-ring (bicyclic) bond motifs is 1. The van der Waals surface area contributed by atoms with Gasteiger partial charge in [0.15, 0.2) is 0 Å². The first-order valence-corrected chi connectivity index (χ1v) is 6.86. The number of ether oxygens (including phenoxy) is 1. The van der Waals surface area contributed by atoms with E-state index in [-0.39, 0.29) is 5.92 Å². The third kappa shape index (κ3) is 3.07. The van der Waals surface area contributed by atoms with Crippen LogP contribution >= 0.6 is 0 Å². The van der Waals surface area contributed by atoms with Crippen LogP contribution in [0.25, 0.3) is 5.57 Å². The van der Waals surface area contributed by atoms with Gasteiger partial charge in [0.25, 0.3) is 0 Å². The van der Waals surface area contributed by atoms with Crippen LogP contribution in [-0.2, 0) is 15.1 Å². The summed E-state index contributed by atoms with van der Waals surface area (Å²) in [7, 11) is 0. The first-order chi connectivity index (χ1) is 9.70. The van der Waals surface area contributed by atoms with Crippen molar-refractivity contribution in [3.05, 3.63) is 35.4 Å². The maximum absolute atomic E-state index is 11.5. The maximum Gasteiger partial charge on any atom is 0.412 e. The second-order valence-electron chi connectivity index (χ2n) is 5.94. The number of nitrogens with two attached hydrogens (primary N) is 1. The molecule has 0 radical (unpaired) electrons. The van der Waals surface area contributed by atoms with Crippen molar-refractivity contribution in [2.24, 2.45) is 11.7 Å². The van der Waals surface area contributed by atoms with E-state index in [4.69, 9.17) is 10.5 Å². The summed E-state index contributed by atoms with van der Waals surface area (Å²) >= 11 is 0. The molecule has 2 rings (SSSR count). The van der Waals surface area contributed by atoms with E-state index in [9.17, 15) is 9.59 Å². The van der Waals surface area contributed by atoms with Crippen molar-refractivity contribution in [1.29, 1.82) is 0 Å². The summed E-state index contributed by atoms with van der Waals surface area (Å²) < 4.78 is 5.32. The molecule has 1 heterocycles. The predicted molar refractivity (Wildman–Crippen MR) is 81.6 cm³/mol. The van der Waals surface area contributed by atoms with E-state index in [2.05, 4.69) is 5.32 Å². The molecular formula is C16H20N2O3. The molecule has 0 aliphatic carbocycles. The second-order valence-corrected chi connectivity index (χ2v) is 5.94. The fourth-order valence-corrected chi connectivity index (χ4v) is 2.49. The molecule has 0 aromatic heterocycles. The number of primary amides is 1. The molecule has 0 unspecified atom stereocenters. The van der Waals surface area contributed by atoms with Gasteiger partial charge in [-0.2, -0.15) is 0 Å². The third-order valence-corrected chi connectivity index (χ3v) is 3.51. The fourth-order valence-electron chi connectivity index (χ4n) is 2.49. The van der Waals surface area contributed by atoms with E-state index >= 15 is 0 Å². The first kappa shape index (κ1) is 15.1. The van der Waals surface area contributed by atoms with Crippen LogP contribution in [0, 0.1) is 5.92 Å². The van der Waals surface area contributed by atoms with Crippen molar-refractivity contribution in [2.45, 2.75) is 33.3 Å². The lowest BCUT2D eigenvalue weighted by Gasteiger charge is -2.33. The van der Waals surface area contributed by atoms with Gasteiger partial charge in [-0.05, 0) is 43.0 Å². The Morgan fingerprint density at radius 3 is 2.62 bits per heavy atom. The van der Waals surface area contributed by atoms with Gasteiger partial charge < -0.3 is 10.5 Å². The molecule has 1 aromatic carbocycles. The molecule has 2 amide bonds. The van der Waals surface area contributed by atoms with E-state index in [1.54, 1.807) is 0 Å². The molecule has 0 atom stereocenters. The number of carbonyl (C=O) groups excluding carboxylic acids is 2. The minimum atomic E-state index is -0.720. The zero-order chi connectivity index (χ0) is 15.8. The predicted octanol–water partition coefficient (Wildman–Crippen LogP) is 3.01. The molecule has 0 fully saturated rings. The lowest BCUT2D eigenvalue weighted by atomic mass is 9.88. The zero-order valence-electron chi connectivity index (χ0n) is 12.7. The highest BCUT2D eigenvalue weighted by atomic mass is 16.6. The zero-order valence-corrected chi connectivity index (χ0v) is 12.7. The lowest BCUT2D eigenvalue weighted by molar-refractivity contribution is -0.113. The van der Waals surface area contributed by atoms with E-state index in [0.29, 0.717) is 0 Å². The van der Waals surface area contributed by atoms with Crippen molar-refractivity contribution in [3.63, 3.8) is 0 Å². The highest BCUT2D eigenvalue weighted by Crippen LogP contribution is 2.38. The summed E-state index contributed by atoms with van der Waals surface area (Å²) in [6.07, 6.45) is 0.985. The number of nitrogens with one attached hydrogen (secondary N) is 1. The lowest BCUT2D eigenvalue weighted by Crippen LogP contribution is -2.34.